The van der Waals surface area contributed by atoms with E-state index >= 15 is 0 Å². The summed E-state index contributed by atoms with van der Waals surface area (Å²) in [6.07, 6.45) is 8.52. The van der Waals surface area contributed by atoms with Crippen molar-refractivity contribution in [2.24, 2.45) is 0 Å². The summed E-state index contributed by atoms with van der Waals surface area (Å²) < 4.78 is 13.4. The molecular formula is C21H26FN5O. The van der Waals surface area contributed by atoms with Gasteiger partial charge in [-0.3, -0.25) is 14.7 Å². The Morgan fingerprint density at radius 1 is 0.929 bits per heavy atom. The van der Waals surface area contributed by atoms with Gasteiger partial charge in [-0.25, -0.2) is 9.37 Å². The first-order valence-electron chi connectivity index (χ1n) is 10.0. The highest BCUT2D eigenvalue weighted by Gasteiger charge is 2.33. The molecule has 1 amide bonds. The molecule has 1 aromatic heterocycles. The standard InChI is InChI=1S/C21H26FN5O/c22-18-6-4-17(5-7-18)20(26-10-2-1-3-11-26)21(28)27-14-12-25(13-15-27)19-16-23-8-9-24-19/h4-9,16,20H,1-3,10-15H2/t20-/m1/s1. The summed E-state index contributed by atoms with van der Waals surface area (Å²) in [6, 6.07) is 6.07. The van der Waals surface area contributed by atoms with Crippen molar-refractivity contribution < 1.29 is 9.18 Å². The molecule has 1 atom stereocenters. The van der Waals surface area contributed by atoms with E-state index in [1.807, 2.05) is 4.90 Å². The maximum Gasteiger partial charge on any atom is 0.244 e. The summed E-state index contributed by atoms with van der Waals surface area (Å²) in [5, 5.41) is 0. The van der Waals surface area contributed by atoms with E-state index in [4.69, 9.17) is 0 Å². The molecule has 0 N–H and O–H groups in total. The number of halogens is 1. The van der Waals surface area contributed by atoms with Crippen LogP contribution in [0, 0.1) is 5.82 Å². The van der Waals surface area contributed by atoms with Crippen LogP contribution in [0.4, 0.5) is 10.2 Å². The second-order valence-electron chi connectivity index (χ2n) is 7.43. The minimum atomic E-state index is -0.330. The van der Waals surface area contributed by atoms with Gasteiger partial charge in [0.15, 0.2) is 0 Å². The summed E-state index contributed by atoms with van der Waals surface area (Å²) >= 11 is 0. The van der Waals surface area contributed by atoms with Crippen LogP contribution in [0.2, 0.25) is 0 Å². The van der Waals surface area contributed by atoms with Gasteiger partial charge in [-0.05, 0) is 43.6 Å². The zero-order valence-electron chi connectivity index (χ0n) is 16.0. The van der Waals surface area contributed by atoms with Crippen molar-refractivity contribution in [2.75, 3.05) is 44.2 Å². The highest BCUT2D eigenvalue weighted by molar-refractivity contribution is 5.83. The number of hydrogen-bond acceptors (Lipinski definition) is 5. The lowest BCUT2D eigenvalue weighted by Gasteiger charge is -2.40. The number of aromatic nitrogens is 2. The quantitative estimate of drug-likeness (QED) is 0.812. The second-order valence-corrected chi connectivity index (χ2v) is 7.43. The molecule has 0 spiro atoms. The van der Waals surface area contributed by atoms with Crippen molar-refractivity contribution in [3.05, 3.63) is 54.2 Å². The Bertz CT molecular complexity index is 771. The van der Waals surface area contributed by atoms with Gasteiger partial charge in [0.05, 0.1) is 6.20 Å². The van der Waals surface area contributed by atoms with Gasteiger partial charge in [-0.1, -0.05) is 18.6 Å². The van der Waals surface area contributed by atoms with Gasteiger partial charge in [-0.2, -0.15) is 0 Å². The van der Waals surface area contributed by atoms with Crippen LogP contribution >= 0.6 is 0 Å². The van der Waals surface area contributed by atoms with E-state index in [0.717, 1.165) is 50.4 Å². The van der Waals surface area contributed by atoms with Crippen molar-refractivity contribution in [1.82, 2.24) is 19.8 Å². The maximum absolute atomic E-state index is 13.5. The molecule has 0 saturated carbocycles. The van der Waals surface area contributed by atoms with E-state index in [0.29, 0.717) is 13.1 Å². The molecule has 0 aliphatic carbocycles. The second kappa shape index (κ2) is 8.65. The Kier molecular flexibility index (Phi) is 5.81. The average Bonchev–Trinajstić information content (AvgIpc) is 2.77. The van der Waals surface area contributed by atoms with E-state index in [1.54, 1.807) is 30.7 Å². The number of nitrogens with zero attached hydrogens (tertiary/aromatic N) is 5. The van der Waals surface area contributed by atoms with Crippen molar-refractivity contribution in [2.45, 2.75) is 25.3 Å². The molecule has 0 unspecified atom stereocenters. The number of hydrogen-bond donors (Lipinski definition) is 0. The predicted octanol–water partition coefficient (Wildman–Crippen LogP) is 2.49. The summed E-state index contributed by atoms with van der Waals surface area (Å²) in [6.45, 7) is 4.60. The maximum atomic E-state index is 13.5. The molecule has 2 fully saturated rings. The molecule has 28 heavy (non-hydrogen) atoms. The van der Waals surface area contributed by atoms with E-state index < -0.39 is 0 Å². The number of likely N-dealkylation sites (tertiary alicyclic amines) is 1. The third kappa shape index (κ3) is 4.14. The molecule has 6 nitrogen and oxygen atoms in total. The van der Waals surface area contributed by atoms with E-state index in [2.05, 4.69) is 19.8 Å². The van der Waals surface area contributed by atoms with Crippen LogP contribution in [0.1, 0.15) is 30.9 Å². The smallest absolute Gasteiger partial charge is 0.244 e. The Hall–Kier alpha value is -2.54. The van der Waals surface area contributed by atoms with E-state index in [9.17, 15) is 9.18 Å². The minimum absolute atomic E-state index is 0.118. The number of piperidine rings is 1. The number of carbonyl (C=O) groups excluding carboxylic acids is 1. The third-order valence-electron chi connectivity index (χ3n) is 5.64. The Morgan fingerprint density at radius 3 is 2.29 bits per heavy atom. The fourth-order valence-electron chi connectivity index (χ4n) is 4.11. The number of amides is 1. The molecule has 1 aromatic carbocycles. The van der Waals surface area contributed by atoms with Crippen LogP contribution in [0.3, 0.4) is 0 Å². The Balaban J connectivity index is 1.48. The van der Waals surface area contributed by atoms with Gasteiger partial charge in [0.25, 0.3) is 0 Å². The third-order valence-corrected chi connectivity index (χ3v) is 5.64. The van der Waals surface area contributed by atoms with Crippen molar-refractivity contribution in [3.8, 4) is 0 Å². The van der Waals surface area contributed by atoms with Gasteiger partial charge in [0, 0.05) is 38.6 Å². The van der Waals surface area contributed by atoms with Gasteiger partial charge >= 0.3 is 0 Å². The normalized spacial score (nSPS) is 19.5. The number of piperazine rings is 1. The monoisotopic (exact) mass is 383 g/mol. The molecule has 2 aliphatic rings. The summed E-state index contributed by atoms with van der Waals surface area (Å²) in [5.74, 6) is 0.694. The molecule has 0 bridgehead atoms. The number of benzene rings is 1. The predicted molar refractivity (Wildman–Crippen MR) is 105 cm³/mol. The molecule has 148 valence electrons. The van der Waals surface area contributed by atoms with Crippen LogP contribution in [0.5, 0.6) is 0 Å². The lowest BCUT2D eigenvalue weighted by Crippen LogP contribution is -2.53. The molecule has 2 saturated heterocycles. The van der Waals surface area contributed by atoms with Crippen LogP contribution in [-0.4, -0.2) is 64.9 Å². The van der Waals surface area contributed by atoms with E-state index in [-0.39, 0.29) is 17.8 Å². The highest BCUT2D eigenvalue weighted by atomic mass is 19.1. The van der Waals surface area contributed by atoms with Crippen LogP contribution in [0.25, 0.3) is 0 Å². The largest absolute Gasteiger partial charge is 0.352 e. The zero-order chi connectivity index (χ0) is 19.3. The molecular weight excluding hydrogens is 357 g/mol. The zero-order valence-corrected chi connectivity index (χ0v) is 16.0. The summed E-state index contributed by atoms with van der Waals surface area (Å²) in [7, 11) is 0. The molecule has 2 aliphatic heterocycles. The van der Waals surface area contributed by atoms with Crippen molar-refractivity contribution in [1.29, 1.82) is 0 Å². The molecule has 2 aromatic rings. The number of carbonyl (C=O) groups is 1. The van der Waals surface area contributed by atoms with Crippen LogP contribution in [0.15, 0.2) is 42.9 Å². The number of rotatable bonds is 4. The van der Waals surface area contributed by atoms with Gasteiger partial charge in [-0.15, -0.1) is 0 Å². The molecule has 3 heterocycles. The first-order valence-corrected chi connectivity index (χ1v) is 10.0. The van der Waals surface area contributed by atoms with Gasteiger partial charge < -0.3 is 9.80 Å². The fraction of sp³-hybridized carbons (Fsp3) is 0.476. The fourth-order valence-corrected chi connectivity index (χ4v) is 4.11. The van der Waals surface area contributed by atoms with Crippen LogP contribution < -0.4 is 4.90 Å². The van der Waals surface area contributed by atoms with Crippen molar-refractivity contribution >= 4 is 11.7 Å². The lowest BCUT2D eigenvalue weighted by atomic mass is 10.00. The Labute approximate surface area is 165 Å². The first kappa shape index (κ1) is 18.8. The summed E-state index contributed by atoms with van der Waals surface area (Å²) in [5.41, 5.74) is 0.879. The highest BCUT2D eigenvalue weighted by Crippen LogP contribution is 2.27. The van der Waals surface area contributed by atoms with Crippen LogP contribution in [-0.2, 0) is 4.79 Å². The SMILES string of the molecule is O=C([C@@H](c1ccc(F)cc1)N1CCCCC1)N1CCN(c2cnccn2)CC1. The minimum Gasteiger partial charge on any atom is -0.352 e. The first-order chi connectivity index (χ1) is 13.7. The lowest BCUT2D eigenvalue weighted by molar-refractivity contribution is -0.138. The molecule has 0 radical (unpaired) electrons. The van der Waals surface area contributed by atoms with Gasteiger partial charge in [0.2, 0.25) is 5.91 Å². The topological polar surface area (TPSA) is 52.6 Å². The molecule has 7 heteroatoms. The van der Waals surface area contributed by atoms with Gasteiger partial charge in [0.1, 0.15) is 17.7 Å². The average molecular weight is 383 g/mol. The Morgan fingerprint density at radius 2 is 1.64 bits per heavy atom. The summed E-state index contributed by atoms with van der Waals surface area (Å²) in [4.78, 5) is 28.3. The number of anilines is 1. The van der Waals surface area contributed by atoms with E-state index in [1.165, 1.54) is 18.6 Å². The van der Waals surface area contributed by atoms with Crippen molar-refractivity contribution in [3.63, 3.8) is 0 Å². The molecule has 4 rings (SSSR count).